The molecule has 1 atom stereocenters. The SMILES string of the molecule is O=C(CCS)OCC(COC(=O)CCS)(COC(=O)CCS)COC(O)CCS. The second-order valence-electron chi connectivity index (χ2n) is 6.18. The first-order valence-electron chi connectivity index (χ1n) is 9.02. The van der Waals surface area contributed by atoms with Crippen LogP contribution in [-0.2, 0) is 33.3 Å². The first-order chi connectivity index (χ1) is 13.8. The highest BCUT2D eigenvalue weighted by atomic mass is 32.1. The van der Waals surface area contributed by atoms with Gasteiger partial charge in [0.05, 0.1) is 31.3 Å². The number of hydrogen-bond acceptors (Lipinski definition) is 12. The largest absolute Gasteiger partial charge is 0.465 e. The van der Waals surface area contributed by atoms with Gasteiger partial charge in [-0.05, 0) is 5.75 Å². The highest BCUT2D eigenvalue weighted by Crippen LogP contribution is 2.23. The van der Waals surface area contributed by atoms with Crippen LogP contribution in [0.1, 0.15) is 25.7 Å². The molecule has 12 heteroatoms. The molecular formula is C17H30O8S4. The second-order valence-corrected chi connectivity index (χ2v) is 7.97. The van der Waals surface area contributed by atoms with E-state index < -0.39 is 29.6 Å². The highest BCUT2D eigenvalue weighted by molar-refractivity contribution is 7.80. The summed E-state index contributed by atoms with van der Waals surface area (Å²) in [6.45, 7) is -0.904. The van der Waals surface area contributed by atoms with Gasteiger partial charge in [0.1, 0.15) is 19.8 Å². The number of ether oxygens (including phenoxy) is 4. The minimum absolute atomic E-state index is 0.0845. The van der Waals surface area contributed by atoms with Gasteiger partial charge in [-0.2, -0.15) is 50.5 Å². The zero-order valence-corrected chi connectivity index (χ0v) is 19.7. The Labute approximate surface area is 193 Å². The molecule has 0 aliphatic carbocycles. The maximum absolute atomic E-state index is 11.8. The summed E-state index contributed by atoms with van der Waals surface area (Å²) in [5, 5.41) is 9.87. The number of carbonyl (C=O) groups is 3. The lowest BCUT2D eigenvalue weighted by atomic mass is 9.92. The van der Waals surface area contributed by atoms with Crippen molar-refractivity contribution in [1.29, 1.82) is 0 Å². The Hall–Kier alpha value is -0.270. The van der Waals surface area contributed by atoms with Crippen molar-refractivity contribution < 1.29 is 38.4 Å². The van der Waals surface area contributed by atoms with Gasteiger partial charge in [-0.25, -0.2) is 0 Å². The average Bonchev–Trinajstić information content (AvgIpc) is 2.68. The van der Waals surface area contributed by atoms with Gasteiger partial charge >= 0.3 is 17.9 Å². The molecular weight excluding hydrogens is 460 g/mol. The Kier molecular flexibility index (Phi) is 17.3. The molecule has 0 heterocycles. The molecule has 8 nitrogen and oxygen atoms in total. The molecule has 0 radical (unpaired) electrons. The number of aliphatic hydroxyl groups is 1. The molecule has 170 valence electrons. The van der Waals surface area contributed by atoms with Crippen molar-refractivity contribution in [2.45, 2.75) is 32.0 Å². The van der Waals surface area contributed by atoms with E-state index in [9.17, 15) is 19.5 Å². The van der Waals surface area contributed by atoms with Crippen molar-refractivity contribution in [3.8, 4) is 0 Å². The molecule has 0 aliphatic heterocycles. The van der Waals surface area contributed by atoms with Gasteiger partial charge in [0.2, 0.25) is 0 Å². The lowest BCUT2D eigenvalue weighted by Gasteiger charge is -2.32. The third kappa shape index (κ3) is 14.4. The smallest absolute Gasteiger partial charge is 0.306 e. The van der Waals surface area contributed by atoms with Crippen LogP contribution in [0, 0.1) is 5.41 Å². The van der Waals surface area contributed by atoms with E-state index >= 15 is 0 Å². The van der Waals surface area contributed by atoms with Crippen molar-refractivity contribution in [2.75, 3.05) is 49.4 Å². The molecule has 0 aromatic heterocycles. The predicted octanol–water partition coefficient (Wildman–Crippen LogP) is 1.22. The Balaban J connectivity index is 5.33. The highest BCUT2D eigenvalue weighted by Gasteiger charge is 2.37. The van der Waals surface area contributed by atoms with Gasteiger partial charge in [-0.1, -0.05) is 0 Å². The summed E-state index contributed by atoms with van der Waals surface area (Å²) in [7, 11) is 0. The van der Waals surface area contributed by atoms with Crippen molar-refractivity contribution >= 4 is 68.4 Å². The average molecular weight is 491 g/mol. The minimum atomic E-state index is -1.19. The fourth-order valence-corrected chi connectivity index (χ4v) is 2.68. The van der Waals surface area contributed by atoms with E-state index in [1.165, 1.54) is 0 Å². The maximum Gasteiger partial charge on any atom is 0.306 e. The minimum Gasteiger partial charge on any atom is -0.465 e. The van der Waals surface area contributed by atoms with Crippen LogP contribution >= 0.6 is 50.5 Å². The van der Waals surface area contributed by atoms with Crippen LogP contribution < -0.4 is 0 Å². The van der Waals surface area contributed by atoms with Crippen LogP contribution in [0.3, 0.4) is 0 Å². The Morgan fingerprint density at radius 2 is 1.07 bits per heavy atom. The summed E-state index contributed by atoms with van der Waals surface area (Å²) in [6, 6.07) is 0. The van der Waals surface area contributed by atoms with Crippen LogP contribution in [0.25, 0.3) is 0 Å². The molecule has 0 rings (SSSR count). The number of carbonyl (C=O) groups excluding carboxylic acids is 3. The normalized spacial score (nSPS) is 12.3. The monoisotopic (exact) mass is 490 g/mol. The number of rotatable bonds is 17. The van der Waals surface area contributed by atoms with E-state index in [1.54, 1.807) is 0 Å². The number of thiol groups is 4. The van der Waals surface area contributed by atoms with E-state index in [0.29, 0.717) is 23.0 Å². The van der Waals surface area contributed by atoms with Gasteiger partial charge in [-0.15, -0.1) is 0 Å². The molecule has 0 aromatic rings. The molecule has 1 N–H and O–H groups in total. The van der Waals surface area contributed by atoms with Crippen molar-refractivity contribution in [2.24, 2.45) is 5.41 Å². The summed E-state index contributed by atoms with van der Waals surface area (Å²) in [4.78, 5) is 35.4. The molecule has 0 amide bonds. The molecule has 0 saturated carbocycles. The molecule has 0 aliphatic rings. The number of esters is 3. The summed E-state index contributed by atoms with van der Waals surface area (Å²) in [6.07, 6.45) is -0.609. The van der Waals surface area contributed by atoms with Gasteiger partial charge in [-0.3, -0.25) is 14.4 Å². The topological polar surface area (TPSA) is 108 Å². The van der Waals surface area contributed by atoms with Crippen LogP contribution in [0.4, 0.5) is 0 Å². The Morgan fingerprint density at radius 1 is 0.690 bits per heavy atom. The molecule has 29 heavy (non-hydrogen) atoms. The van der Waals surface area contributed by atoms with Gasteiger partial charge in [0.15, 0.2) is 6.29 Å². The standard InChI is InChI=1S/C17H30O8S4/c18-13(1-5-26)22-9-17(10-23-14(19)2-6-27,11-24-15(20)3-7-28)12-25-16(21)4-8-29/h13,18,26-29H,1-12H2. The van der Waals surface area contributed by atoms with Gasteiger partial charge in [0, 0.05) is 23.7 Å². The maximum atomic E-state index is 11.8. The third-order valence-corrected chi connectivity index (χ3v) is 4.45. The van der Waals surface area contributed by atoms with Crippen LogP contribution in [0.15, 0.2) is 0 Å². The lowest BCUT2D eigenvalue weighted by molar-refractivity contribution is -0.180. The zero-order valence-electron chi connectivity index (χ0n) is 16.2. The summed E-state index contributed by atoms with van der Waals surface area (Å²) >= 11 is 16.0. The molecule has 0 aromatic carbocycles. The van der Waals surface area contributed by atoms with E-state index in [2.05, 4.69) is 50.5 Å². The fourth-order valence-electron chi connectivity index (χ4n) is 1.91. The fraction of sp³-hybridized carbons (Fsp3) is 0.824. The van der Waals surface area contributed by atoms with E-state index in [1.807, 2.05) is 0 Å². The van der Waals surface area contributed by atoms with Crippen molar-refractivity contribution in [3.63, 3.8) is 0 Å². The van der Waals surface area contributed by atoms with Crippen molar-refractivity contribution in [1.82, 2.24) is 0 Å². The quantitative estimate of drug-likeness (QED) is 0.0897. The van der Waals surface area contributed by atoms with Gasteiger partial charge < -0.3 is 24.1 Å². The van der Waals surface area contributed by atoms with Crippen molar-refractivity contribution in [3.05, 3.63) is 0 Å². The van der Waals surface area contributed by atoms with Crippen LogP contribution in [-0.4, -0.2) is 78.7 Å². The van der Waals surface area contributed by atoms with Crippen LogP contribution in [0.5, 0.6) is 0 Å². The second kappa shape index (κ2) is 17.4. The summed E-state index contributed by atoms with van der Waals surface area (Å²) < 4.78 is 21.2. The molecule has 1 unspecified atom stereocenters. The molecule has 0 spiro atoms. The van der Waals surface area contributed by atoms with Gasteiger partial charge in [0.25, 0.3) is 0 Å². The first kappa shape index (κ1) is 28.7. The first-order valence-corrected chi connectivity index (χ1v) is 11.6. The Morgan fingerprint density at radius 3 is 1.38 bits per heavy atom. The summed E-state index contributed by atoms with van der Waals surface area (Å²) in [5.74, 6) is -0.236. The molecule has 0 bridgehead atoms. The molecule has 0 saturated heterocycles. The Bertz CT molecular complexity index is 437. The third-order valence-electron chi connectivity index (χ3n) is 3.52. The van der Waals surface area contributed by atoms with E-state index in [-0.39, 0.29) is 52.1 Å². The molecule has 0 fully saturated rings. The summed E-state index contributed by atoms with van der Waals surface area (Å²) in [5.41, 5.74) is -1.19. The predicted molar refractivity (Wildman–Crippen MR) is 121 cm³/mol. The van der Waals surface area contributed by atoms with E-state index in [0.717, 1.165) is 0 Å². The number of hydrogen-bond donors (Lipinski definition) is 5. The van der Waals surface area contributed by atoms with Crippen LogP contribution in [0.2, 0.25) is 0 Å². The lowest BCUT2D eigenvalue weighted by Crippen LogP contribution is -2.44. The number of aliphatic hydroxyl groups excluding tert-OH is 1. The zero-order chi connectivity index (χ0) is 22.1. The van der Waals surface area contributed by atoms with E-state index in [4.69, 9.17) is 18.9 Å².